The lowest BCUT2D eigenvalue weighted by molar-refractivity contribution is -0.384. The van der Waals surface area contributed by atoms with Crippen LogP contribution in [0.15, 0.2) is 54.6 Å². The minimum Gasteiger partial charge on any atom is -0.492 e. The molecule has 0 radical (unpaired) electrons. The number of likely N-dealkylation sites (N-methyl/N-ethyl adjacent to an activating group) is 1. The lowest BCUT2D eigenvalue weighted by Gasteiger charge is -2.22. The zero-order valence-corrected chi connectivity index (χ0v) is 15.1. The predicted octanol–water partition coefficient (Wildman–Crippen LogP) is 2.25. The van der Waals surface area contributed by atoms with Crippen molar-refractivity contribution in [2.75, 3.05) is 20.2 Å². The van der Waals surface area contributed by atoms with E-state index in [2.05, 4.69) is 5.32 Å². The second-order valence-corrected chi connectivity index (χ2v) is 5.92. The molecule has 27 heavy (non-hydrogen) atoms. The number of hydrogen-bond donors (Lipinski definition) is 1. The van der Waals surface area contributed by atoms with Gasteiger partial charge < -0.3 is 15.0 Å². The van der Waals surface area contributed by atoms with Crippen LogP contribution in [-0.2, 0) is 4.79 Å². The number of carbonyl (C=O) groups is 2. The smallest absolute Gasteiger partial charge is 0.270 e. The van der Waals surface area contributed by atoms with Crippen LogP contribution in [0, 0.1) is 10.1 Å². The Morgan fingerprint density at radius 2 is 1.89 bits per heavy atom. The SMILES string of the molecule is CC(NC(=O)c1cccc([N+](=O)[O-])c1)C(=O)N(C)CCOc1ccccc1. The minimum absolute atomic E-state index is 0.124. The topological polar surface area (TPSA) is 102 Å². The van der Waals surface area contributed by atoms with E-state index in [-0.39, 0.29) is 17.2 Å². The van der Waals surface area contributed by atoms with Gasteiger partial charge in [0.25, 0.3) is 11.6 Å². The zero-order valence-electron chi connectivity index (χ0n) is 15.1. The van der Waals surface area contributed by atoms with Gasteiger partial charge in [0.05, 0.1) is 11.5 Å². The summed E-state index contributed by atoms with van der Waals surface area (Å²) < 4.78 is 5.55. The molecule has 0 saturated carbocycles. The zero-order chi connectivity index (χ0) is 19.8. The van der Waals surface area contributed by atoms with E-state index in [4.69, 9.17) is 4.74 Å². The average molecular weight is 371 g/mol. The fourth-order valence-corrected chi connectivity index (χ4v) is 2.36. The first kappa shape index (κ1) is 19.9. The summed E-state index contributed by atoms with van der Waals surface area (Å²) in [7, 11) is 1.62. The highest BCUT2D eigenvalue weighted by Crippen LogP contribution is 2.13. The molecule has 0 heterocycles. The number of nitrogens with one attached hydrogen (secondary N) is 1. The van der Waals surface area contributed by atoms with Crippen LogP contribution in [0.2, 0.25) is 0 Å². The van der Waals surface area contributed by atoms with Crippen LogP contribution in [0.5, 0.6) is 5.75 Å². The molecule has 0 aromatic heterocycles. The maximum atomic E-state index is 12.4. The van der Waals surface area contributed by atoms with Gasteiger partial charge in [-0.2, -0.15) is 0 Å². The standard InChI is InChI=1S/C19H21N3O5/c1-14(20-18(23)15-7-6-8-16(13-15)22(25)26)19(24)21(2)11-12-27-17-9-4-3-5-10-17/h3-10,13-14H,11-12H2,1-2H3,(H,20,23). The molecule has 2 aromatic rings. The van der Waals surface area contributed by atoms with E-state index in [1.807, 2.05) is 30.3 Å². The number of rotatable bonds is 8. The van der Waals surface area contributed by atoms with Gasteiger partial charge in [0, 0.05) is 24.7 Å². The molecule has 1 atom stereocenters. The molecular weight excluding hydrogens is 350 g/mol. The molecule has 0 aliphatic carbocycles. The van der Waals surface area contributed by atoms with Gasteiger partial charge in [-0.1, -0.05) is 24.3 Å². The van der Waals surface area contributed by atoms with Gasteiger partial charge in [0.2, 0.25) is 5.91 Å². The van der Waals surface area contributed by atoms with E-state index in [1.54, 1.807) is 14.0 Å². The third-order valence-corrected chi connectivity index (χ3v) is 3.85. The molecule has 142 valence electrons. The van der Waals surface area contributed by atoms with E-state index < -0.39 is 16.9 Å². The number of nitrogens with zero attached hydrogens (tertiary/aromatic N) is 2. The Morgan fingerprint density at radius 1 is 1.19 bits per heavy atom. The quantitative estimate of drug-likeness (QED) is 0.566. The summed E-state index contributed by atoms with van der Waals surface area (Å²) in [5.41, 5.74) is -0.0595. The van der Waals surface area contributed by atoms with Crippen LogP contribution in [0.25, 0.3) is 0 Å². The molecule has 0 bridgehead atoms. The Morgan fingerprint density at radius 3 is 2.56 bits per heavy atom. The Labute approximate surface area is 156 Å². The normalized spacial score (nSPS) is 11.3. The molecule has 0 fully saturated rings. The molecule has 2 rings (SSSR count). The highest BCUT2D eigenvalue weighted by Gasteiger charge is 2.21. The maximum Gasteiger partial charge on any atom is 0.270 e. The third kappa shape index (κ3) is 5.81. The summed E-state index contributed by atoms with van der Waals surface area (Å²) in [6, 6.07) is 13.8. The van der Waals surface area contributed by atoms with Crippen molar-refractivity contribution in [3.8, 4) is 5.75 Å². The molecule has 1 unspecified atom stereocenters. The number of ether oxygens (including phenoxy) is 1. The molecule has 0 spiro atoms. The Kier molecular flexibility index (Phi) is 6.87. The third-order valence-electron chi connectivity index (χ3n) is 3.85. The van der Waals surface area contributed by atoms with Crippen molar-refractivity contribution in [1.29, 1.82) is 0 Å². The van der Waals surface area contributed by atoms with E-state index >= 15 is 0 Å². The number of amides is 2. The van der Waals surface area contributed by atoms with Gasteiger partial charge in [0.15, 0.2) is 0 Å². The fourth-order valence-electron chi connectivity index (χ4n) is 2.36. The molecule has 0 aliphatic heterocycles. The lowest BCUT2D eigenvalue weighted by Crippen LogP contribution is -2.46. The van der Waals surface area contributed by atoms with Crippen molar-refractivity contribution in [2.45, 2.75) is 13.0 Å². The van der Waals surface area contributed by atoms with Crippen molar-refractivity contribution < 1.29 is 19.2 Å². The number of nitro groups is 1. The lowest BCUT2D eigenvalue weighted by atomic mass is 10.1. The van der Waals surface area contributed by atoms with Crippen molar-refractivity contribution in [1.82, 2.24) is 10.2 Å². The first-order valence-electron chi connectivity index (χ1n) is 8.36. The van der Waals surface area contributed by atoms with Crippen molar-refractivity contribution >= 4 is 17.5 Å². The van der Waals surface area contributed by atoms with Gasteiger partial charge >= 0.3 is 0 Å². The molecule has 0 saturated heterocycles. The molecule has 8 nitrogen and oxygen atoms in total. The van der Waals surface area contributed by atoms with E-state index in [0.717, 1.165) is 0 Å². The Hall–Kier alpha value is -3.42. The number of benzene rings is 2. The van der Waals surface area contributed by atoms with Crippen LogP contribution >= 0.6 is 0 Å². The summed E-state index contributed by atoms with van der Waals surface area (Å²) in [5, 5.41) is 13.4. The van der Waals surface area contributed by atoms with Crippen molar-refractivity contribution in [3.05, 3.63) is 70.3 Å². The Balaban J connectivity index is 1.85. The van der Waals surface area contributed by atoms with Crippen LogP contribution in [0.4, 0.5) is 5.69 Å². The van der Waals surface area contributed by atoms with Crippen molar-refractivity contribution in [2.24, 2.45) is 0 Å². The van der Waals surface area contributed by atoms with Gasteiger partial charge in [-0.3, -0.25) is 19.7 Å². The van der Waals surface area contributed by atoms with Crippen LogP contribution < -0.4 is 10.1 Å². The number of hydrogen-bond acceptors (Lipinski definition) is 5. The number of carbonyl (C=O) groups excluding carboxylic acids is 2. The number of para-hydroxylation sites is 1. The second-order valence-electron chi connectivity index (χ2n) is 5.92. The molecule has 2 aromatic carbocycles. The molecule has 1 N–H and O–H groups in total. The minimum atomic E-state index is -0.779. The monoisotopic (exact) mass is 371 g/mol. The summed E-state index contributed by atoms with van der Waals surface area (Å²) in [4.78, 5) is 36.3. The highest BCUT2D eigenvalue weighted by atomic mass is 16.6. The number of non-ortho nitro benzene ring substituents is 1. The van der Waals surface area contributed by atoms with Gasteiger partial charge in [-0.15, -0.1) is 0 Å². The molecule has 2 amide bonds. The van der Waals surface area contributed by atoms with Crippen LogP contribution in [0.1, 0.15) is 17.3 Å². The highest BCUT2D eigenvalue weighted by molar-refractivity contribution is 5.97. The van der Waals surface area contributed by atoms with E-state index in [1.165, 1.54) is 29.2 Å². The van der Waals surface area contributed by atoms with E-state index in [0.29, 0.717) is 18.9 Å². The van der Waals surface area contributed by atoms with Gasteiger partial charge in [-0.05, 0) is 25.1 Å². The second kappa shape index (κ2) is 9.33. The maximum absolute atomic E-state index is 12.4. The molecule has 0 aliphatic rings. The van der Waals surface area contributed by atoms with E-state index in [9.17, 15) is 19.7 Å². The number of nitro benzene ring substituents is 1. The summed E-state index contributed by atoms with van der Waals surface area (Å²) >= 11 is 0. The molecule has 8 heteroatoms. The predicted molar refractivity (Wildman–Crippen MR) is 99.6 cm³/mol. The van der Waals surface area contributed by atoms with Crippen LogP contribution in [-0.4, -0.2) is 47.9 Å². The first-order chi connectivity index (χ1) is 12.9. The van der Waals surface area contributed by atoms with Gasteiger partial charge in [-0.25, -0.2) is 0 Å². The van der Waals surface area contributed by atoms with Crippen molar-refractivity contribution in [3.63, 3.8) is 0 Å². The Bertz CT molecular complexity index is 810. The van der Waals surface area contributed by atoms with Gasteiger partial charge in [0.1, 0.15) is 18.4 Å². The fraction of sp³-hybridized carbons (Fsp3) is 0.263. The summed E-state index contributed by atoms with van der Waals surface area (Å²) in [6.07, 6.45) is 0. The molecular formula is C19H21N3O5. The largest absolute Gasteiger partial charge is 0.492 e. The summed E-state index contributed by atoms with van der Waals surface area (Å²) in [5.74, 6) is -0.121. The first-order valence-corrected chi connectivity index (χ1v) is 8.36. The average Bonchev–Trinajstić information content (AvgIpc) is 2.68. The van der Waals surface area contributed by atoms with Crippen LogP contribution in [0.3, 0.4) is 0 Å². The summed E-state index contributed by atoms with van der Waals surface area (Å²) in [6.45, 7) is 2.23.